The Morgan fingerprint density at radius 1 is 1.50 bits per heavy atom. The van der Waals surface area contributed by atoms with Crippen LogP contribution in [0.15, 0.2) is 0 Å². The van der Waals surface area contributed by atoms with Gasteiger partial charge in [-0.05, 0) is 4.65 Å². The van der Waals surface area contributed by atoms with Gasteiger partial charge in [-0.2, -0.15) is 12.6 Å². The average Bonchev–Trinajstić information content (AvgIpc) is 1.35. The first-order valence-electron chi connectivity index (χ1n) is 2.09. The summed E-state index contributed by atoms with van der Waals surface area (Å²) in [6, 6.07) is 0. The van der Waals surface area contributed by atoms with Crippen LogP contribution in [0.3, 0.4) is 0 Å². The van der Waals surface area contributed by atoms with E-state index in [9.17, 15) is 0 Å². The zero-order valence-corrected chi connectivity index (χ0v) is 5.42. The van der Waals surface area contributed by atoms with E-state index in [0.29, 0.717) is 0 Å². The van der Waals surface area contributed by atoms with Gasteiger partial charge in [0.15, 0.2) is 0 Å². The lowest BCUT2D eigenvalue weighted by Crippen LogP contribution is -2.16. The van der Waals surface area contributed by atoms with E-state index in [0.717, 1.165) is 0 Å². The van der Waals surface area contributed by atoms with Crippen molar-refractivity contribution in [2.24, 2.45) is 0 Å². The van der Waals surface area contributed by atoms with Gasteiger partial charge < -0.3 is 0 Å². The van der Waals surface area contributed by atoms with Crippen LogP contribution in [0.1, 0.15) is 13.8 Å². The molecule has 35 valence electrons. The van der Waals surface area contributed by atoms with Crippen LogP contribution >= 0.6 is 12.6 Å². The number of hydrogen-bond acceptors (Lipinski definition) is 1. The van der Waals surface area contributed by atoms with E-state index in [1.165, 1.54) is 0 Å². The summed E-state index contributed by atoms with van der Waals surface area (Å²) in [5.74, 6) is 0. The zero-order valence-electron chi connectivity index (χ0n) is 4.52. The lowest BCUT2D eigenvalue weighted by Gasteiger charge is -2.10. The fraction of sp³-hybridized carbons (Fsp3) is 1.00. The molecule has 0 aliphatic carbocycles. The Morgan fingerprint density at radius 3 is 1.67 bits per heavy atom. The van der Waals surface area contributed by atoms with Crippen molar-refractivity contribution in [2.45, 2.75) is 25.3 Å². The van der Waals surface area contributed by atoms with Gasteiger partial charge >= 0.3 is 0 Å². The normalized spacial score (nSPS) is 11.3. The molecule has 0 spiro atoms. The maximum atomic E-state index is 4.20. The molecule has 0 aliphatic heterocycles. The van der Waals surface area contributed by atoms with Crippen LogP contribution in [0.2, 0.25) is 6.82 Å². The summed E-state index contributed by atoms with van der Waals surface area (Å²) in [5.41, 5.74) is 0. The van der Waals surface area contributed by atoms with Crippen LogP contribution in [-0.2, 0) is 0 Å². The molecule has 0 aromatic rings. The smallest absolute Gasteiger partial charge is 0.127 e. The molecule has 0 fully saturated rings. The van der Waals surface area contributed by atoms with Gasteiger partial charge in [-0.3, -0.25) is 0 Å². The molecule has 6 heavy (non-hydrogen) atoms. The van der Waals surface area contributed by atoms with Crippen molar-refractivity contribution in [1.29, 1.82) is 0 Å². The molecule has 0 nitrogen and oxygen atoms in total. The average molecular weight is 101 g/mol. The highest BCUT2D eigenvalue weighted by Gasteiger charge is 2.06. The van der Waals surface area contributed by atoms with E-state index in [4.69, 9.17) is 0 Å². The lowest BCUT2D eigenvalue weighted by molar-refractivity contribution is 1.01. The molecule has 0 aromatic carbocycles. The second kappa shape index (κ2) is 1.92. The number of thiol groups is 1. The molecule has 0 saturated heterocycles. The van der Waals surface area contributed by atoms with Crippen LogP contribution in [0.4, 0.5) is 0 Å². The molecule has 0 aromatic heterocycles. The van der Waals surface area contributed by atoms with Crippen LogP contribution in [-0.4, -0.2) is 11.9 Å². The van der Waals surface area contributed by atoms with Crippen molar-refractivity contribution in [3.05, 3.63) is 0 Å². The minimum absolute atomic E-state index is 0.111. The minimum Gasteiger partial charge on any atom is -0.182 e. The minimum atomic E-state index is 0.111. The summed E-state index contributed by atoms with van der Waals surface area (Å²) in [5, 5.41) is 0. The van der Waals surface area contributed by atoms with Gasteiger partial charge in [0.25, 0.3) is 0 Å². The monoisotopic (exact) mass is 101 g/mol. The quantitative estimate of drug-likeness (QED) is 0.374. The Hall–Kier alpha value is 0.415. The van der Waals surface area contributed by atoms with Crippen molar-refractivity contribution < 1.29 is 0 Å². The Bertz CT molecular complexity index is 37.3. The van der Waals surface area contributed by atoms with E-state index < -0.39 is 0 Å². The van der Waals surface area contributed by atoms with Gasteiger partial charge in [0, 0.05) is 0 Å². The molecule has 2 heteroatoms. The van der Waals surface area contributed by atoms with Crippen molar-refractivity contribution in [3.8, 4) is 0 Å². The Labute approximate surface area is 46.0 Å². The molecular formula is C4H10BS. The van der Waals surface area contributed by atoms with E-state index in [-0.39, 0.29) is 4.65 Å². The van der Waals surface area contributed by atoms with Gasteiger partial charge in [0.05, 0.1) is 0 Å². The van der Waals surface area contributed by atoms with Crippen LogP contribution < -0.4 is 0 Å². The molecule has 0 heterocycles. The molecule has 0 amide bonds. The molecule has 0 saturated carbocycles. The van der Waals surface area contributed by atoms with Gasteiger partial charge in [-0.25, -0.2) is 0 Å². The van der Waals surface area contributed by atoms with Crippen molar-refractivity contribution in [2.75, 3.05) is 0 Å². The second-order valence-corrected chi connectivity index (χ2v) is 3.09. The molecule has 0 atom stereocenters. The van der Waals surface area contributed by atoms with Crippen LogP contribution in [0.5, 0.6) is 0 Å². The third kappa shape index (κ3) is 4.41. The molecule has 0 unspecified atom stereocenters. The first kappa shape index (κ1) is 6.41. The third-order valence-electron chi connectivity index (χ3n) is 0.706. The SMILES string of the molecule is C[B]C(C)(C)S. The fourth-order valence-electron chi connectivity index (χ4n) is 0. The largest absolute Gasteiger partial charge is 0.182 e. The Balaban J connectivity index is 3.17. The van der Waals surface area contributed by atoms with Crippen LogP contribution in [0.25, 0.3) is 0 Å². The third-order valence-corrected chi connectivity index (χ3v) is 0.965. The second-order valence-electron chi connectivity index (χ2n) is 1.94. The summed E-state index contributed by atoms with van der Waals surface area (Å²) in [4.78, 5) is 0. The molecular weight excluding hydrogens is 90.9 g/mol. The van der Waals surface area contributed by atoms with E-state index in [2.05, 4.69) is 33.8 Å². The summed E-state index contributed by atoms with van der Waals surface area (Å²) in [7, 11) is 2.05. The number of rotatable bonds is 1. The molecule has 0 bridgehead atoms. The first-order valence-corrected chi connectivity index (χ1v) is 2.54. The highest BCUT2D eigenvalue weighted by molar-refractivity contribution is 7.83. The van der Waals surface area contributed by atoms with Gasteiger partial charge in [0.2, 0.25) is 0 Å². The summed E-state index contributed by atoms with van der Waals surface area (Å²) >= 11 is 4.20. The maximum absolute atomic E-state index is 4.20. The standard InChI is InChI=1S/C4H10BS/c1-4(2,6)5-3/h6H,1-3H3. The summed E-state index contributed by atoms with van der Waals surface area (Å²) in [6.07, 6.45) is 0. The van der Waals surface area contributed by atoms with Crippen LogP contribution in [0, 0.1) is 0 Å². The fourth-order valence-corrected chi connectivity index (χ4v) is 0. The van der Waals surface area contributed by atoms with E-state index in [1.807, 2.05) is 6.82 Å². The predicted molar refractivity (Wildman–Crippen MR) is 34.7 cm³/mol. The predicted octanol–water partition coefficient (Wildman–Crippen LogP) is 1.40. The number of hydrogen-bond donors (Lipinski definition) is 1. The van der Waals surface area contributed by atoms with Gasteiger partial charge in [0.1, 0.15) is 7.28 Å². The van der Waals surface area contributed by atoms with E-state index in [1.54, 1.807) is 0 Å². The highest BCUT2D eigenvalue weighted by Crippen LogP contribution is 2.07. The first-order chi connectivity index (χ1) is 2.56. The lowest BCUT2D eigenvalue weighted by atomic mass is 9.68. The van der Waals surface area contributed by atoms with E-state index >= 15 is 0 Å². The highest BCUT2D eigenvalue weighted by atomic mass is 32.1. The Kier molecular flexibility index (Phi) is 2.05. The van der Waals surface area contributed by atoms with Crippen molar-refractivity contribution in [3.63, 3.8) is 0 Å². The topological polar surface area (TPSA) is 0 Å². The summed E-state index contributed by atoms with van der Waals surface area (Å²) in [6.45, 7) is 6.11. The molecule has 0 N–H and O–H groups in total. The van der Waals surface area contributed by atoms with Crippen molar-refractivity contribution in [1.82, 2.24) is 0 Å². The molecule has 0 aliphatic rings. The summed E-state index contributed by atoms with van der Waals surface area (Å²) < 4.78 is 0.111. The molecule has 1 radical (unpaired) electrons. The van der Waals surface area contributed by atoms with Gasteiger partial charge in [-0.15, -0.1) is 0 Å². The Morgan fingerprint density at radius 2 is 1.67 bits per heavy atom. The molecule has 0 rings (SSSR count). The van der Waals surface area contributed by atoms with Gasteiger partial charge in [-0.1, -0.05) is 20.7 Å². The van der Waals surface area contributed by atoms with Crippen molar-refractivity contribution >= 4 is 19.9 Å². The zero-order chi connectivity index (χ0) is 5.21. The maximum Gasteiger partial charge on any atom is 0.127 e.